The van der Waals surface area contributed by atoms with E-state index in [1.807, 2.05) is 0 Å². The molecule has 2 fully saturated rings. The highest BCUT2D eigenvalue weighted by Gasteiger charge is 2.46. The minimum atomic E-state index is -0.736. The van der Waals surface area contributed by atoms with Crippen molar-refractivity contribution >= 4 is 23.2 Å². The molecule has 5 heteroatoms. The van der Waals surface area contributed by atoms with Crippen molar-refractivity contribution in [3.8, 4) is 0 Å². The van der Waals surface area contributed by atoms with Crippen molar-refractivity contribution in [3.63, 3.8) is 0 Å². The average molecular weight is 293 g/mol. The highest BCUT2D eigenvalue weighted by Crippen LogP contribution is 2.50. The molecule has 2 N–H and O–H groups in total. The maximum absolute atomic E-state index is 12.2. The number of thiophene rings is 1. The lowest BCUT2D eigenvalue weighted by molar-refractivity contribution is -0.141. The van der Waals surface area contributed by atoms with Crippen LogP contribution in [0.1, 0.15) is 42.0 Å². The molecule has 1 aromatic heterocycles. The zero-order valence-corrected chi connectivity index (χ0v) is 12.3. The van der Waals surface area contributed by atoms with Crippen LogP contribution < -0.4 is 5.32 Å². The molecule has 0 spiro atoms. The fraction of sp³-hybridized carbons (Fsp3) is 0.600. The molecule has 1 amide bonds. The first-order chi connectivity index (χ1) is 9.56. The number of aryl methyl sites for hydroxylation is 1. The number of carboxylic acid groups (broad SMARTS) is 1. The summed E-state index contributed by atoms with van der Waals surface area (Å²) >= 11 is 1.73. The summed E-state index contributed by atoms with van der Waals surface area (Å²) in [5.41, 5.74) is 1.28. The first kappa shape index (κ1) is 13.6. The third kappa shape index (κ3) is 2.59. The van der Waals surface area contributed by atoms with E-state index < -0.39 is 5.97 Å². The zero-order chi connectivity index (χ0) is 14.3. The van der Waals surface area contributed by atoms with Gasteiger partial charge in [-0.25, -0.2) is 0 Å². The number of rotatable bonds is 4. The number of nitrogens with one attached hydrogen (secondary N) is 1. The van der Waals surface area contributed by atoms with Gasteiger partial charge in [0.05, 0.1) is 5.92 Å². The first-order valence-corrected chi connectivity index (χ1v) is 8.01. The van der Waals surface area contributed by atoms with E-state index in [4.69, 9.17) is 5.11 Å². The van der Waals surface area contributed by atoms with Gasteiger partial charge in [0.15, 0.2) is 0 Å². The van der Waals surface area contributed by atoms with Crippen LogP contribution in [0.15, 0.2) is 11.4 Å². The topological polar surface area (TPSA) is 66.4 Å². The van der Waals surface area contributed by atoms with E-state index in [1.165, 1.54) is 10.4 Å². The maximum Gasteiger partial charge on any atom is 0.306 e. The second-order valence-corrected chi connectivity index (χ2v) is 6.92. The second-order valence-electron chi connectivity index (χ2n) is 5.97. The summed E-state index contributed by atoms with van der Waals surface area (Å²) in [5, 5.41) is 14.1. The molecule has 0 aromatic carbocycles. The number of hydrogen-bond acceptors (Lipinski definition) is 3. The van der Waals surface area contributed by atoms with Crippen molar-refractivity contribution in [2.45, 2.75) is 44.6 Å². The maximum atomic E-state index is 12.2. The summed E-state index contributed by atoms with van der Waals surface area (Å²) in [6.07, 6.45) is 2.98. The standard InChI is InChI=1S/C15H19NO3S/c1-8-4-5-20-13(8)11-7-12(11)14(17)16-10-3-2-9(6-10)15(18)19/h4-5,9-12H,2-3,6-7H2,1H3,(H,16,17)(H,18,19)/t9-,10+,11+,12-/m0/s1. The van der Waals surface area contributed by atoms with Crippen LogP contribution in [-0.2, 0) is 9.59 Å². The van der Waals surface area contributed by atoms with Crippen molar-refractivity contribution in [2.75, 3.05) is 0 Å². The molecular formula is C15H19NO3S. The van der Waals surface area contributed by atoms with E-state index in [0.29, 0.717) is 18.8 Å². The lowest BCUT2D eigenvalue weighted by Gasteiger charge is -2.12. The predicted octanol–water partition coefficient (Wildman–Crippen LogP) is 2.53. The summed E-state index contributed by atoms with van der Waals surface area (Å²) in [4.78, 5) is 24.4. The molecule has 2 aliphatic carbocycles. The van der Waals surface area contributed by atoms with Gasteiger partial charge in [-0.3, -0.25) is 9.59 Å². The lowest BCUT2D eigenvalue weighted by Crippen LogP contribution is -2.34. The Morgan fingerprint density at radius 3 is 2.75 bits per heavy atom. The molecule has 108 valence electrons. The van der Waals surface area contributed by atoms with E-state index in [1.54, 1.807) is 11.3 Å². The molecule has 0 unspecified atom stereocenters. The highest BCUT2D eigenvalue weighted by atomic mass is 32.1. The van der Waals surface area contributed by atoms with Gasteiger partial charge in [0, 0.05) is 22.8 Å². The number of carbonyl (C=O) groups is 2. The van der Waals surface area contributed by atoms with Crippen LogP contribution in [0.5, 0.6) is 0 Å². The highest BCUT2D eigenvalue weighted by molar-refractivity contribution is 7.10. The fourth-order valence-corrected chi connectivity index (χ4v) is 4.29. The van der Waals surface area contributed by atoms with Crippen LogP contribution in [0, 0.1) is 18.8 Å². The van der Waals surface area contributed by atoms with E-state index in [-0.39, 0.29) is 23.8 Å². The van der Waals surface area contributed by atoms with Gasteiger partial charge in [0.25, 0.3) is 0 Å². The van der Waals surface area contributed by atoms with E-state index in [9.17, 15) is 9.59 Å². The predicted molar refractivity (Wildman–Crippen MR) is 76.8 cm³/mol. The van der Waals surface area contributed by atoms with Crippen LogP contribution in [0.2, 0.25) is 0 Å². The first-order valence-electron chi connectivity index (χ1n) is 7.13. The number of hydrogen-bond donors (Lipinski definition) is 2. The Balaban J connectivity index is 1.52. The largest absolute Gasteiger partial charge is 0.481 e. The lowest BCUT2D eigenvalue weighted by atomic mass is 10.1. The molecule has 1 heterocycles. The fourth-order valence-electron chi connectivity index (χ4n) is 3.18. The third-order valence-electron chi connectivity index (χ3n) is 4.49. The van der Waals surface area contributed by atoms with Crippen LogP contribution in [0.25, 0.3) is 0 Å². The summed E-state index contributed by atoms with van der Waals surface area (Å²) in [6, 6.07) is 2.15. The SMILES string of the molecule is Cc1ccsc1[C@@H]1C[C@@H]1C(=O)N[C@@H]1CC[C@H](C(=O)O)C1. The molecule has 0 radical (unpaired) electrons. The van der Waals surface area contributed by atoms with Gasteiger partial charge < -0.3 is 10.4 Å². The van der Waals surface area contributed by atoms with Crippen molar-refractivity contribution in [1.82, 2.24) is 5.32 Å². The molecule has 0 saturated heterocycles. The van der Waals surface area contributed by atoms with Gasteiger partial charge in [-0.05, 0) is 49.6 Å². The van der Waals surface area contributed by atoms with Crippen LogP contribution >= 0.6 is 11.3 Å². The molecular weight excluding hydrogens is 274 g/mol. The Morgan fingerprint density at radius 1 is 1.35 bits per heavy atom. The molecule has 2 aliphatic rings. The smallest absolute Gasteiger partial charge is 0.306 e. The van der Waals surface area contributed by atoms with E-state index in [2.05, 4.69) is 23.7 Å². The minimum Gasteiger partial charge on any atom is -0.481 e. The molecule has 3 rings (SSSR count). The van der Waals surface area contributed by atoms with Gasteiger partial charge in [-0.2, -0.15) is 0 Å². The minimum absolute atomic E-state index is 0.0503. The summed E-state index contributed by atoms with van der Waals surface area (Å²) in [6.45, 7) is 2.09. The van der Waals surface area contributed by atoms with Gasteiger partial charge in [0.1, 0.15) is 0 Å². The molecule has 4 nitrogen and oxygen atoms in total. The quantitative estimate of drug-likeness (QED) is 0.896. The Kier molecular flexibility index (Phi) is 3.54. The Morgan fingerprint density at radius 2 is 2.15 bits per heavy atom. The van der Waals surface area contributed by atoms with Crippen LogP contribution in [-0.4, -0.2) is 23.0 Å². The summed E-state index contributed by atoms with van der Waals surface area (Å²) in [7, 11) is 0. The number of amides is 1. The molecule has 0 bridgehead atoms. The molecule has 1 aromatic rings. The number of carboxylic acids is 1. The Hall–Kier alpha value is -1.36. The Bertz CT molecular complexity index is 539. The van der Waals surface area contributed by atoms with Gasteiger partial charge in [-0.1, -0.05) is 0 Å². The van der Waals surface area contributed by atoms with Crippen LogP contribution in [0.4, 0.5) is 0 Å². The van der Waals surface area contributed by atoms with Gasteiger partial charge in [0.2, 0.25) is 5.91 Å². The van der Waals surface area contributed by atoms with Crippen molar-refractivity contribution in [2.24, 2.45) is 11.8 Å². The van der Waals surface area contributed by atoms with Crippen molar-refractivity contribution in [3.05, 3.63) is 21.9 Å². The molecule has 2 saturated carbocycles. The third-order valence-corrected chi connectivity index (χ3v) is 5.64. The summed E-state index contributed by atoms with van der Waals surface area (Å²) in [5.74, 6) is -0.433. The van der Waals surface area contributed by atoms with Crippen molar-refractivity contribution in [1.29, 1.82) is 0 Å². The molecule has 4 atom stereocenters. The monoisotopic (exact) mass is 293 g/mol. The van der Waals surface area contributed by atoms with Crippen LogP contribution in [0.3, 0.4) is 0 Å². The number of carbonyl (C=O) groups excluding carboxylic acids is 1. The molecule has 0 aliphatic heterocycles. The zero-order valence-electron chi connectivity index (χ0n) is 11.5. The van der Waals surface area contributed by atoms with Gasteiger partial charge in [-0.15, -0.1) is 11.3 Å². The van der Waals surface area contributed by atoms with E-state index in [0.717, 1.165) is 12.8 Å². The van der Waals surface area contributed by atoms with Gasteiger partial charge >= 0.3 is 5.97 Å². The normalized spacial score (nSPS) is 32.0. The molecule has 20 heavy (non-hydrogen) atoms. The Labute approximate surface area is 122 Å². The summed E-state index contributed by atoms with van der Waals surface area (Å²) < 4.78 is 0. The van der Waals surface area contributed by atoms with Crippen molar-refractivity contribution < 1.29 is 14.7 Å². The number of aliphatic carboxylic acids is 1. The van der Waals surface area contributed by atoms with E-state index >= 15 is 0 Å². The second kappa shape index (κ2) is 5.20. The average Bonchev–Trinajstić information content (AvgIpc) is 2.84.